The molecule has 168 valence electrons. The number of carbonyl (C=O) groups excluding carboxylic acids is 2. The molecule has 0 atom stereocenters. The van der Waals surface area contributed by atoms with Gasteiger partial charge in [0.15, 0.2) is 5.13 Å². The SMILES string of the molecule is CCOc1ccc2nc(NC(=O)CSc3ccc(NC(=O)c4ccccc4F)cc3)sc2c1. The number of hydrogen-bond acceptors (Lipinski definition) is 6. The van der Waals surface area contributed by atoms with Crippen molar-refractivity contribution >= 4 is 55.9 Å². The Morgan fingerprint density at radius 1 is 1.06 bits per heavy atom. The van der Waals surface area contributed by atoms with E-state index in [4.69, 9.17) is 4.74 Å². The monoisotopic (exact) mass is 481 g/mol. The van der Waals surface area contributed by atoms with Crippen LogP contribution in [-0.4, -0.2) is 29.2 Å². The first kappa shape index (κ1) is 22.8. The van der Waals surface area contributed by atoms with Gasteiger partial charge in [-0.3, -0.25) is 9.59 Å². The molecule has 1 aromatic heterocycles. The number of nitrogens with zero attached hydrogens (tertiary/aromatic N) is 1. The normalized spacial score (nSPS) is 10.7. The van der Waals surface area contributed by atoms with Crippen molar-refractivity contribution in [3.63, 3.8) is 0 Å². The zero-order valence-corrected chi connectivity index (χ0v) is 19.3. The first-order valence-electron chi connectivity index (χ1n) is 10.1. The van der Waals surface area contributed by atoms with Gasteiger partial charge in [0.25, 0.3) is 5.91 Å². The molecule has 0 saturated carbocycles. The zero-order chi connectivity index (χ0) is 23.2. The van der Waals surface area contributed by atoms with E-state index in [0.29, 0.717) is 17.4 Å². The van der Waals surface area contributed by atoms with Crippen molar-refractivity contribution in [2.45, 2.75) is 11.8 Å². The molecule has 0 aliphatic rings. The van der Waals surface area contributed by atoms with E-state index in [1.807, 2.05) is 25.1 Å². The van der Waals surface area contributed by atoms with Crippen LogP contribution in [0.15, 0.2) is 71.6 Å². The number of hydrogen-bond donors (Lipinski definition) is 2. The molecule has 2 N–H and O–H groups in total. The van der Waals surface area contributed by atoms with Crippen LogP contribution in [0.2, 0.25) is 0 Å². The largest absolute Gasteiger partial charge is 0.494 e. The van der Waals surface area contributed by atoms with Crippen molar-refractivity contribution in [1.29, 1.82) is 0 Å². The molecule has 0 radical (unpaired) electrons. The van der Waals surface area contributed by atoms with Crippen LogP contribution in [0.1, 0.15) is 17.3 Å². The number of rotatable bonds is 8. The summed E-state index contributed by atoms with van der Waals surface area (Å²) < 4.78 is 20.2. The molecule has 6 nitrogen and oxygen atoms in total. The number of ether oxygens (including phenoxy) is 1. The third kappa shape index (κ3) is 5.88. The van der Waals surface area contributed by atoms with Crippen LogP contribution < -0.4 is 15.4 Å². The van der Waals surface area contributed by atoms with Crippen molar-refractivity contribution < 1.29 is 18.7 Å². The molecule has 0 unspecified atom stereocenters. The first-order chi connectivity index (χ1) is 16.0. The molecule has 0 aliphatic carbocycles. The Balaban J connectivity index is 1.30. The number of thiazole rings is 1. The van der Waals surface area contributed by atoms with Crippen molar-refractivity contribution in [3.8, 4) is 5.75 Å². The summed E-state index contributed by atoms with van der Waals surface area (Å²) in [6, 6.07) is 18.5. The maximum absolute atomic E-state index is 13.7. The van der Waals surface area contributed by atoms with Crippen molar-refractivity contribution in [3.05, 3.63) is 78.1 Å². The minimum Gasteiger partial charge on any atom is -0.494 e. The van der Waals surface area contributed by atoms with Gasteiger partial charge in [-0.05, 0) is 61.5 Å². The van der Waals surface area contributed by atoms with Crippen molar-refractivity contribution in [2.24, 2.45) is 0 Å². The number of nitrogens with one attached hydrogen (secondary N) is 2. The van der Waals surface area contributed by atoms with E-state index >= 15 is 0 Å². The van der Waals surface area contributed by atoms with Gasteiger partial charge in [-0.2, -0.15) is 0 Å². The van der Waals surface area contributed by atoms with Crippen LogP contribution >= 0.6 is 23.1 Å². The van der Waals surface area contributed by atoms with Crippen LogP contribution in [0, 0.1) is 5.82 Å². The van der Waals surface area contributed by atoms with E-state index in [1.165, 1.54) is 41.3 Å². The predicted molar refractivity (Wildman–Crippen MR) is 131 cm³/mol. The quantitative estimate of drug-likeness (QED) is 0.310. The van der Waals surface area contributed by atoms with Gasteiger partial charge in [-0.1, -0.05) is 23.5 Å². The van der Waals surface area contributed by atoms with Gasteiger partial charge in [0.2, 0.25) is 5.91 Å². The number of aromatic nitrogens is 1. The Bertz CT molecular complexity index is 1290. The summed E-state index contributed by atoms with van der Waals surface area (Å²) >= 11 is 2.76. The highest BCUT2D eigenvalue weighted by Crippen LogP contribution is 2.29. The summed E-state index contributed by atoms with van der Waals surface area (Å²) in [7, 11) is 0. The molecule has 4 aromatic rings. The fourth-order valence-corrected chi connectivity index (χ4v) is 4.61. The lowest BCUT2D eigenvalue weighted by atomic mass is 10.2. The van der Waals surface area contributed by atoms with Gasteiger partial charge < -0.3 is 15.4 Å². The Hall–Kier alpha value is -3.43. The van der Waals surface area contributed by atoms with E-state index in [1.54, 1.807) is 30.3 Å². The molecule has 3 aromatic carbocycles. The molecular weight excluding hydrogens is 461 g/mol. The van der Waals surface area contributed by atoms with Crippen molar-refractivity contribution in [2.75, 3.05) is 23.0 Å². The lowest BCUT2D eigenvalue weighted by molar-refractivity contribution is -0.113. The lowest BCUT2D eigenvalue weighted by Crippen LogP contribution is -2.14. The maximum atomic E-state index is 13.7. The standard InChI is InChI=1S/C24H20FN3O3S2/c1-2-31-16-9-12-20-21(13-16)33-24(27-20)28-22(29)14-32-17-10-7-15(8-11-17)26-23(30)18-5-3-4-6-19(18)25/h3-13H,2,14H2,1H3,(H,26,30)(H,27,28,29). The van der Waals surface area contributed by atoms with E-state index in [2.05, 4.69) is 15.6 Å². The zero-order valence-electron chi connectivity index (χ0n) is 17.6. The Morgan fingerprint density at radius 3 is 2.61 bits per heavy atom. The van der Waals surface area contributed by atoms with E-state index in [0.717, 1.165) is 20.9 Å². The fraction of sp³-hybridized carbons (Fsp3) is 0.125. The van der Waals surface area contributed by atoms with Crippen LogP contribution in [0.3, 0.4) is 0 Å². The number of halogens is 1. The van der Waals surface area contributed by atoms with Gasteiger partial charge in [0.05, 0.1) is 28.1 Å². The second kappa shape index (κ2) is 10.5. The summed E-state index contributed by atoms with van der Waals surface area (Å²) in [5, 5.41) is 6.03. The molecule has 0 aliphatic heterocycles. The summed E-state index contributed by atoms with van der Waals surface area (Å²) in [6.45, 7) is 2.51. The molecule has 0 saturated heterocycles. The fourth-order valence-electron chi connectivity index (χ4n) is 3.00. The number of fused-ring (bicyclic) bond motifs is 1. The maximum Gasteiger partial charge on any atom is 0.258 e. The highest BCUT2D eigenvalue weighted by atomic mass is 32.2. The average Bonchev–Trinajstić information content (AvgIpc) is 3.20. The highest BCUT2D eigenvalue weighted by molar-refractivity contribution is 8.00. The minimum atomic E-state index is -0.573. The van der Waals surface area contributed by atoms with Crippen LogP contribution in [0.25, 0.3) is 10.2 Å². The topological polar surface area (TPSA) is 80.3 Å². The number of benzene rings is 3. The van der Waals surface area contributed by atoms with Crippen LogP contribution in [0.5, 0.6) is 5.75 Å². The Morgan fingerprint density at radius 2 is 1.85 bits per heavy atom. The number of amides is 2. The summed E-state index contributed by atoms with van der Waals surface area (Å²) in [5.41, 5.74) is 1.33. The molecular formula is C24H20FN3O3S2. The van der Waals surface area contributed by atoms with Gasteiger partial charge in [-0.25, -0.2) is 9.37 Å². The predicted octanol–water partition coefficient (Wildman–Crippen LogP) is 5.82. The van der Waals surface area contributed by atoms with Gasteiger partial charge in [0, 0.05) is 10.6 Å². The molecule has 0 fully saturated rings. The molecule has 9 heteroatoms. The molecule has 0 bridgehead atoms. The first-order valence-corrected chi connectivity index (χ1v) is 11.9. The highest BCUT2D eigenvalue weighted by Gasteiger charge is 2.12. The Kier molecular flexibility index (Phi) is 7.21. The second-order valence-corrected chi connectivity index (χ2v) is 8.96. The molecule has 1 heterocycles. The number of thioether (sulfide) groups is 1. The third-order valence-electron chi connectivity index (χ3n) is 4.52. The summed E-state index contributed by atoms with van der Waals surface area (Å²) in [5.74, 6) is -0.272. The lowest BCUT2D eigenvalue weighted by Gasteiger charge is -2.07. The molecule has 33 heavy (non-hydrogen) atoms. The smallest absolute Gasteiger partial charge is 0.258 e. The van der Waals surface area contributed by atoms with E-state index in [-0.39, 0.29) is 17.2 Å². The second-order valence-electron chi connectivity index (χ2n) is 6.88. The van der Waals surface area contributed by atoms with E-state index < -0.39 is 11.7 Å². The third-order valence-corrected chi connectivity index (χ3v) is 6.46. The summed E-state index contributed by atoms with van der Waals surface area (Å²) in [4.78, 5) is 29.8. The number of anilines is 2. The van der Waals surface area contributed by atoms with Crippen LogP contribution in [-0.2, 0) is 4.79 Å². The molecule has 4 rings (SSSR count). The minimum absolute atomic E-state index is 0.0171. The summed E-state index contributed by atoms with van der Waals surface area (Å²) in [6.07, 6.45) is 0. The van der Waals surface area contributed by atoms with E-state index in [9.17, 15) is 14.0 Å². The Labute approximate surface area is 198 Å². The average molecular weight is 482 g/mol. The van der Waals surface area contributed by atoms with Crippen molar-refractivity contribution in [1.82, 2.24) is 4.98 Å². The van der Waals surface area contributed by atoms with Gasteiger partial charge in [-0.15, -0.1) is 11.8 Å². The van der Waals surface area contributed by atoms with Crippen LogP contribution in [0.4, 0.5) is 15.2 Å². The van der Waals surface area contributed by atoms with Gasteiger partial charge in [0.1, 0.15) is 11.6 Å². The molecule has 0 spiro atoms. The van der Waals surface area contributed by atoms with Gasteiger partial charge >= 0.3 is 0 Å². The molecule has 2 amide bonds. The number of carbonyl (C=O) groups is 2.